The maximum Gasteiger partial charge on any atom is 0.306 e. The summed E-state index contributed by atoms with van der Waals surface area (Å²) in [6.45, 7) is 6.45. The van der Waals surface area contributed by atoms with E-state index in [1.807, 2.05) is 0 Å². The molecule has 0 saturated carbocycles. The van der Waals surface area contributed by atoms with Crippen molar-refractivity contribution < 1.29 is 28.6 Å². The van der Waals surface area contributed by atoms with Crippen molar-refractivity contribution in [3.05, 3.63) is 85.1 Å². The smallest absolute Gasteiger partial charge is 0.306 e. The maximum absolute atomic E-state index is 12.8. The summed E-state index contributed by atoms with van der Waals surface area (Å²) in [6.07, 6.45) is 70.2. The number of rotatable bonds is 49. The highest BCUT2D eigenvalue weighted by molar-refractivity contribution is 5.71. The van der Waals surface area contributed by atoms with Crippen LogP contribution in [0.25, 0.3) is 0 Å². The SMILES string of the molecule is CC/C=C\C/C=C\C/C=C\C/C=C\C/C=C\CCCCCCCCCCCC(=O)OCC(COC(=O)CCCCCCCCC)OC(=O)CCCCCCC/C=C\C/C=C\CCCCCC. The molecule has 66 heavy (non-hydrogen) atoms. The summed E-state index contributed by atoms with van der Waals surface area (Å²) in [5.74, 6) is -0.908. The van der Waals surface area contributed by atoms with Crippen molar-refractivity contribution in [2.24, 2.45) is 0 Å². The molecule has 1 unspecified atom stereocenters. The van der Waals surface area contributed by atoms with Gasteiger partial charge in [-0.1, -0.05) is 228 Å². The van der Waals surface area contributed by atoms with E-state index in [2.05, 4.69) is 106 Å². The lowest BCUT2D eigenvalue weighted by molar-refractivity contribution is -0.167. The van der Waals surface area contributed by atoms with E-state index in [0.717, 1.165) is 122 Å². The molecule has 0 aliphatic carbocycles. The summed E-state index contributed by atoms with van der Waals surface area (Å²) in [5.41, 5.74) is 0. The lowest BCUT2D eigenvalue weighted by atomic mass is 10.1. The first-order chi connectivity index (χ1) is 32.5. The molecule has 0 aliphatic rings. The zero-order valence-electron chi connectivity index (χ0n) is 43.2. The van der Waals surface area contributed by atoms with Crippen molar-refractivity contribution in [2.75, 3.05) is 13.2 Å². The van der Waals surface area contributed by atoms with E-state index in [9.17, 15) is 14.4 Å². The van der Waals surface area contributed by atoms with Crippen LogP contribution < -0.4 is 0 Å². The maximum atomic E-state index is 12.8. The van der Waals surface area contributed by atoms with Crippen LogP contribution in [0.2, 0.25) is 0 Å². The molecule has 0 aromatic heterocycles. The van der Waals surface area contributed by atoms with Gasteiger partial charge in [0.25, 0.3) is 0 Å². The number of carbonyl (C=O) groups is 3. The van der Waals surface area contributed by atoms with Gasteiger partial charge in [0.15, 0.2) is 6.10 Å². The fourth-order valence-corrected chi connectivity index (χ4v) is 7.50. The van der Waals surface area contributed by atoms with Gasteiger partial charge in [-0.25, -0.2) is 0 Å². The van der Waals surface area contributed by atoms with Gasteiger partial charge in [0.2, 0.25) is 0 Å². The summed E-state index contributed by atoms with van der Waals surface area (Å²) in [4.78, 5) is 37.9. The van der Waals surface area contributed by atoms with Gasteiger partial charge >= 0.3 is 17.9 Å². The molecule has 378 valence electrons. The van der Waals surface area contributed by atoms with Crippen LogP contribution in [0.15, 0.2) is 85.1 Å². The van der Waals surface area contributed by atoms with E-state index in [1.165, 1.54) is 96.3 Å². The minimum Gasteiger partial charge on any atom is -0.462 e. The molecule has 0 aromatic rings. The number of allylic oxidation sites excluding steroid dienone is 14. The molecule has 0 heterocycles. The second kappa shape index (κ2) is 54.2. The molecule has 1 atom stereocenters. The van der Waals surface area contributed by atoms with Crippen molar-refractivity contribution >= 4 is 17.9 Å². The fraction of sp³-hybridized carbons (Fsp3) is 0.717. The standard InChI is InChI=1S/C60H102O6/c1-4-7-10-13-16-18-20-22-24-26-27-28-29-30-31-32-33-34-36-37-39-41-44-47-50-53-59(62)65-56-57(55-64-58(61)52-49-46-43-15-12-9-6-3)66-60(63)54-51-48-45-42-40-38-35-25-23-21-19-17-14-11-8-5-2/h7,10,16,18-19,21-22,24-25,27-28,30-31,35,57H,4-6,8-9,11-15,17,20,23,26,29,32-34,36-56H2,1-3H3/b10-7-,18-16-,21-19-,24-22-,28-27-,31-30-,35-25-. The molecule has 0 radical (unpaired) electrons. The Labute approximate surface area is 407 Å². The van der Waals surface area contributed by atoms with E-state index in [4.69, 9.17) is 14.2 Å². The molecule has 6 nitrogen and oxygen atoms in total. The van der Waals surface area contributed by atoms with Crippen LogP contribution in [0.5, 0.6) is 0 Å². The van der Waals surface area contributed by atoms with Crippen molar-refractivity contribution in [1.29, 1.82) is 0 Å². The van der Waals surface area contributed by atoms with Crippen LogP contribution in [-0.4, -0.2) is 37.2 Å². The predicted octanol–water partition coefficient (Wildman–Crippen LogP) is 18.4. The van der Waals surface area contributed by atoms with Gasteiger partial charge < -0.3 is 14.2 Å². The molecule has 0 saturated heterocycles. The second-order valence-electron chi connectivity index (χ2n) is 18.1. The Morgan fingerprint density at radius 3 is 0.939 bits per heavy atom. The van der Waals surface area contributed by atoms with E-state index in [-0.39, 0.29) is 31.1 Å². The largest absolute Gasteiger partial charge is 0.462 e. The monoisotopic (exact) mass is 919 g/mol. The highest BCUT2D eigenvalue weighted by Crippen LogP contribution is 2.14. The summed E-state index contributed by atoms with van der Waals surface area (Å²) >= 11 is 0. The summed E-state index contributed by atoms with van der Waals surface area (Å²) in [6, 6.07) is 0. The van der Waals surface area contributed by atoms with Crippen LogP contribution >= 0.6 is 0 Å². The first-order valence-electron chi connectivity index (χ1n) is 27.6. The fourth-order valence-electron chi connectivity index (χ4n) is 7.50. The molecule has 0 N–H and O–H groups in total. The Hall–Kier alpha value is -3.41. The summed E-state index contributed by atoms with van der Waals surface area (Å²) in [5, 5.41) is 0. The van der Waals surface area contributed by atoms with Crippen molar-refractivity contribution in [3.8, 4) is 0 Å². The average Bonchev–Trinajstić information content (AvgIpc) is 3.31. The number of unbranched alkanes of at least 4 members (excludes halogenated alkanes) is 24. The molecule has 0 aromatic carbocycles. The first kappa shape index (κ1) is 62.6. The zero-order chi connectivity index (χ0) is 47.9. The van der Waals surface area contributed by atoms with Crippen LogP contribution in [0.1, 0.15) is 258 Å². The number of hydrogen-bond acceptors (Lipinski definition) is 6. The Morgan fingerprint density at radius 1 is 0.318 bits per heavy atom. The molecule has 0 aliphatic heterocycles. The predicted molar refractivity (Wildman–Crippen MR) is 284 cm³/mol. The van der Waals surface area contributed by atoms with Gasteiger partial charge in [-0.15, -0.1) is 0 Å². The normalized spacial score (nSPS) is 12.7. The molecule has 6 heteroatoms. The highest BCUT2D eigenvalue weighted by atomic mass is 16.6. The Balaban J connectivity index is 4.22. The molecule has 0 rings (SSSR count). The van der Waals surface area contributed by atoms with Crippen molar-refractivity contribution in [3.63, 3.8) is 0 Å². The van der Waals surface area contributed by atoms with Gasteiger partial charge in [0.05, 0.1) is 0 Å². The molecule has 0 spiro atoms. The molecular formula is C60H102O6. The number of esters is 3. The van der Waals surface area contributed by atoms with E-state index in [0.29, 0.717) is 19.3 Å². The highest BCUT2D eigenvalue weighted by Gasteiger charge is 2.19. The molecular weight excluding hydrogens is 817 g/mol. The van der Waals surface area contributed by atoms with Crippen LogP contribution in [0.4, 0.5) is 0 Å². The quantitative estimate of drug-likeness (QED) is 0.0262. The summed E-state index contributed by atoms with van der Waals surface area (Å²) in [7, 11) is 0. The van der Waals surface area contributed by atoms with Crippen LogP contribution in [0, 0.1) is 0 Å². The minimum atomic E-state index is -0.783. The zero-order valence-corrected chi connectivity index (χ0v) is 43.2. The van der Waals surface area contributed by atoms with Crippen LogP contribution in [-0.2, 0) is 28.6 Å². The Morgan fingerprint density at radius 2 is 0.591 bits per heavy atom. The lowest BCUT2D eigenvalue weighted by Crippen LogP contribution is -2.30. The third kappa shape index (κ3) is 51.6. The minimum absolute atomic E-state index is 0.0833. The molecule has 0 fully saturated rings. The van der Waals surface area contributed by atoms with Gasteiger partial charge in [-0.2, -0.15) is 0 Å². The van der Waals surface area contributed by atoms with Crippen LogP contribution in [0.3, 0.4) is 0 Å². The summed E-state index contributed by atoms with van der Waals surface area (Å²) < 4.78 is 16.7. The van der Waals surface area contributed by atoms with Gasteiger partial charge in [0, 0.05) is 19.3 Å². The third-order valence-corrected chi connectivity index (χ3v) is 11.6. The number of ether oxygens (including phenoxy) is 3. The average molecular weight is 919 g/mol. The second-order valence-corrected chi connectivity index (χ2v) is 18.1. The molecule has 0 amide bonds. The van der Waals surface area contributed by atoms with Gasteiger partial charge in [-0.05, 0) is 96.3 Å². The topological polar surface area (TPSA) is 78.9 Å². The van der Waals surface area contributed by atoms with Gasteiger partial charge in [0.1, 0.15) is 13.2 Å². The Bertz CT molecular complexity index is 1290. The lowest BCUT2D eigenvalue weighted by Gasteiger charge is -2.18. The number of hydrogen-bond donors (Lipinski definition) is 0. The van der Waals surface area contributed by atoms with Crippen molar-refractivity contribution in [1.82, 2.24) is 0 Å². The van der Waals surface area contributed by atoms with E-state index >= 15 is 0 Å². The molecule has 0 bridgehead atoms. The first-order valence-corrected chi connectivity index (χ1v) is 27.6. The van der Waals surface area contributed by atoms with E-state index in [1.54, 1.807) is 0 Å². The number of carbonyl (C=O) groups excluding carboxylic acids is 3. The third-order valence-electron chi connectivity index (χ3n) is 11.6. The van der Waals surface area contributed by atoms with Gasteiger partial charge in [-0.3, -0.25) is 14.4 Å². The van der Waals surface area contributed by atoms with Crippen molar-refractivity contribution in [2.45, 2.75) is 264 Å². The Kier molecular flexibility index (Phi) is 51.4. The van der Waals surface area contributed by atoms with E-state index < -0.39 is 6.10 Å².